The summed E-state index contributed by atoms with van der Waals surface area (Å²) in [6, 6.07) is 14.8. The van der Waals surface area contributed by atoms with Crippen molar-refractivity contribution in [3.63, 3.8) is 0 Å². The average molecular weight is 355 g/mol. The predicted octanol–water partition coefficient (Wildman–Crippen LogP) is 3.93. The van der Waals surface area contributed by atoms with Gasteiger partial charge in [0.25, 0.3) is 5.91 Å². The minimum Gasteiger partial charge on any atom is -0.497 e. The van der Waals surface area contributed by atoms with Crippen molar-refractivity contribution in [2.45, 2.75) is 39.2 Å². The van der Waals surface area contributed by atoms with Crippen LogP contribution in [0.25, 0.3) is 0 Å². The van der Waals surface area contributed by atoms with E-state index in [1.165, 1.54) is 5.56 Å². The van der Waals surface area contributed by atoms with Crippen molar-refractivity contribution < 1.29 is 19.1 Å². The normalized spacial score (nSPS) is 11.7. The second kappa shape index (κ2) is 9.04. The summed E-state index contributed by atoms with van der Waals surface area (Å²) < 4.78 is 10.3. The van der Waals surface area contributed by atoms with E-state index >= 15 is 0 Å². The number of benzene rings is 2. The first kappa shape index (κ1) is 19.5. The lowest BCUT2D eigenvalue weighted by Gasteiger charge is -2.14. The first-order valence-electron chi connectivity index (χ1n) is 8.62. The van der Waals surface area contributed by atoms with Crippen LogP contribution >= 0.6 is 0 Å². The zero-order chi connectivity index (χ0) is 19.1. The number of rotatable bonds is 7. The quantitative estimate of drug-likeness (QED) is 0.764. The number of carbonyl (C=O) groups excluding carboxylic acids is 2. The van der Waals surface area contributed by atoms with E-state index in [9.17, 15) is 9.59 Å². The molecule has 1 N–H and O–H groups in total. The molecule has 0 bridgehead atoms. The van der Waals surface area contributed by atoms with Crippen LogP contribution in [0.1, 0.15) is 37.8 Å². The maximum Gasteiger partial charge on any atom is 0.311 e. The summed E-state index contributed by atoms with van der Waals surface area (Å²) in [6.45, 7) is 5.78. The minimum absolute atomic E-state index is 0.102. The maximum atomic E-state index is 12.2. The lowest BCUT2D eigenvalue weighted by atomic mass is 10.0. The van der Waals surface area contributed by atoms with Gasteiger partial charge < -0.3 is 14.8 Å². The number of nitrogens with one attached hydrogen (secondary N) is 1. The number of anilines is 1. The van der Waals surface area contributed by atoms with E-state index in [-0.39, 0.29) is 12.3 Å². The van der Waals surface area contributed by atoms with Crippen molar-refractivity contribution in [3.8, 4) is 5.75 Å². The van der Waals surface area contributed by atoms with Gasteiger partial charge in [-0.2, -0.15) is 0 Å². The van der Waals surface area contributed by atoms with Crippen LogP contribution in [0.15, 0.2) is 48.5 Å². The van der Waals surface area contributed by atoms with E-state index in [4.69, 9.17) is 9.47 Å². The molecule has 0 aromatic heterocycles. The van der Waals surface area contributed by atoms with E-state index in [0.717, 1.165) is 11.3 Å². The van der Waals surface area contributed by atoms with Gasteiger partial charge in [-0.05, 0) is 48.2 Å². The van der Waals surface area contributed by atoms with Crippen LogP contribution in [0.5, 0.6) is 5.75 Å². The molecule has 0 saturated heterocycles. The molecule has 0 heterocycles. The summed E-state index contributed by atoms with van der Waals surface area (Å²) >= 11 is 0. The fraction of sp³-hybridized carbons (Fsp3) is 0.333. The molecule has 0 fully saturated rings. The molecule has 0 aliphatic carbocycles. The molecule has 2 aromatic carbocycles. The molecule has 5 heteroatoms. The van der Waals surface area contributed by atoms with E-state index in [1.54, 1.807) is 38.3 Å². The molecular weight excluding hydrogens is 330 g/mol. The number of ether oxygens (including phenoxy) is 2. The van der Waals surface area contributed by atoms with Crippen molar-refractivity contribution in [1.29, 1.82) is 0 Å². The molecule has 2 aromatic rings. The summed E-state index contributed by atoms with van der Waals surface area (Å²) in [5.74, 6) is 0.342. The number of hydrogen-bond acceptors (Lipinski definition) is 4. The van der Waals surface area contributed by atoms with Crippen LogP contribution in [0, 0.1) is 0 Å². The Morgan fingerprint density at radius 2 is 1.58 bits per heavy atom. The molecule has 26 heavy (non-hydrogen) atoms. The Kier molecular flexibility index (Phi) is 6.78. The monoisotopic (exact) mass is 355 g/mol. The van der Waals surface area contributed by atoms with Crippen LogP contribution in [-0.4, -0.2) is 25.1 Å². The van der Waals surface area contributed by atoms with Gasteiger partial charge in [-0.1, -0.05) is 38.1 Å². The highest BCUT2D eigenvalue weighted by molar-refractivity contribution is 5.95. The molecule has 0 saturated carbocycles. The second-order valence-corrected chi connectivity index (χ2v) is 6.42. The smallest absolute Gasteiger partial charge is 0.311 e. The van der Waals surface area contributed by atoms with Crippen LogP contribution in [0.3, 0.4) is 0 Å². The molecule has 138 valence electrons. The standard InChI is InChI=1S/C21H25NO4/c1-14(2)17-7-9-18(10-8-17)22-21(24)15(3)26-20(23)13-16-5-11-19(25-4)12-6-16/h5-12,14-15H,13H2,1-4H3,(H,22,24)/t15-/m1/s1. The van der Waals surface area contributed by atoms with Crippen molar-refractivity contribution >= 4 is 17.6 Å². The van der Waals surface area contributed by atoms with Gasteiger partial charge in [0.1, 0.15) is 5.75 Å². The Bertz CT molecular complexity index is 736. The van der Waals surface area contributed by atoms with E-state index in [1.807, 2.05) is 24.3 Å². The number of esters is 1. The van der Waals surface area contributed by atoms with Crippen LogP contribution in [0.2, 0.25) is 0 Å². The number of hydrogen-bond donors (Lipinski definition) is 1. The van der Waals surface area contributed by atoms with Gasteiger partial charge in [-0.15, -0.1) is 0 Å². The molecule has 2 rings (SSSR count). The number of carbonyl (C=O) groups is 2. The van der Waals surface area contributed by atoms with Gasteiger partial charge in [-0.25, -0.2) is 0 Å². The van der Waals surface area contributed by atoms with Crippen molar-refractivity contribution in [2.24, 2.45) is 0 Å². The fourth-order valence-electron chi connectivity index (χ4n) is 2.40. The first-order valence-corrected chi connectivity index (χ1v) is 8.62. The Labute approximate surface area is 154 Å². The lowest BCUT2D eigenvalue weighted by molar-refractivity contribution is -0.152. The van der Waals surface area contributed by atoms with Gasteiger partial charge in [0.2, 0.25) is 0 Å². The third-order valence-electron chi connectivity index (χ3n) is 4.03. The number of amides is 1. The van der Waals surface area contributed by atoms with Crippen molar-refractivity contribution in [2.75, 3.05) is 12.4 Å². The highest BCUT2D eigenvalue weighted by atomic mass is 16.5. The van der Waals surface area contributed by atoms with Crippen LogP contribution < -0.4 is 10.1 Å². The molecule has 5 nitrogen and oxygen atoms in total. The Hall–Kier alpha value is -2.82. The lowest BCUT2D eigenvalue weighted by Crippen LogP contribution is -2.30. The van der Waals surface area contributed by atoms with Gasteiger partial charge in [0.15, 0.2) is 6.10 Å². The average Bonchev–Trinajstić information content (AvgIpc) is 2.62. The molecule has 0 radical (unpaired) electrons. The SMILES string of the molecule is COc1ccc(CC(=O)O[C@H](C)C(=O)Nc2ccc(C(C)C)cc2)cc1. The van der Waals surface area contributed by atoms with Gasteiger partial charge in [0.05, 0.1) is 13.5 Å². The van der Waals surface area contributed by atoms with Crippen LogP contribution in [-0.2, 0) is 20.7 Å². The maximum absolute atomic E-state index is 12.2. The summed E-state index contributed by atoms with van der Waals surface area (Å²) in [4.78, 5) is 24.2. The molecule has 1 atom stereocenters. The van der Waals surface area contributed by atoms with Gasteiger partial charge in [-0.3, -0.25) is 9.59 Å². The Morgan fingerprint density at radius 3 is 2.12 bits per heavy atom. The van der Waals surface area contributed by atoms with Gasteiger partial charge in [0, 0.05) is 5.69 Å². The topological polar surface area (TPSA) is 64.6 Å². The van der Waals surface area contributed by atoms with E-state index in [0.29, 0.717) is 11.6 Å². The van der Waals surface area contributed by atoms with Crippen molar-refractivity contribution in [1.82, 2.24) is 0 Å². The molecular formula is C21H25NO4. The van der Waals surface area contributed by atoms with Crippen molar-refractivity contribution in [3.05, 3.63) is 59.7 Å². The van der Waals surface area contributed by atoms with E-state index in [2.05, 4.69) is 19.2 Å². The molecule has 1 amide bonds. The van der Waals surface area contributed by atoms with E-state index < -0.39 is 12.1 Å². The Balaban J connectivity index is 1.86. The molecule has 0 aliphatic rings. The zero-order valence-corrected chi connectivity index (χ0v) is 15.6. The highest BCUT2D eigenvalue weighted by Crippen LogP contribution is 2.17. The summed E-state index contributed by atoms with van der Waals surface area (Å²) in [7, 11) is 1.58. The summed E-state index contributed by atoms with van der Waals surface area (Å²) in [5.41, 5.74) is 2.67. The Morgan fingerprint density at radius 1 is 0.962 bits per heavy atom. The second-order valence-electron chi connectivity index (χ2n) is 6.42. The van der Waals surface area contributed by atoms with Crippen LogP contribution in [0.4, 0.5) is 5.69 Å². The first-order chi connectivity index (χ1) is 12.4. The third-order valence-corrected chi connectivity index (χ3v) is 4.03. The molecule has 0 spiro atoms. The largest absolute Gasteiger partial charge is 0.497 e. The summed E-state index contributed by atoms with van der Waals surface area (Å²) in [5, 5.41) is 2.76. The highest BCUT2D eigenvalue weighted by Gasteiger charge is 2.18. The predicted molar refractivity (Wildman–Crippen MR) is 101 cm³/mol. The minimum atomic E-state index is -0.870. The summed E-state index contributed by atoms with van der Waals surface area (Å²) in [6.07, 6.45) is -0.768. The fourth-order valence-corrected chi connectivity index (χ4v) is 2.40. The number of methoxy groups -OCH3 is 1. The third kappa shape index (κ3) is 5.62. The zero-order valence-electron chi connectivity index (χ0n) is 15.6. The molecule has 0 aliphatic heterocycles. The van der Waals surface area contributed by atoms with Gasteiger partial charge >= 0.3 is 5.97 Å². The molecule has 0 unspecified atom stereocenters.